The van der Waals surface area contributed by atoms with Crippen LogP contribution in [0.15, 0.2) is 83.5 Å². The Kier molecular flexibility index (Phi) is 6.40. The number of hydrogen-bond donors (Lipinski definition) is 4. The van der Waals surface area contributed by atoms with Crippen LogP contribution in [0.3, 0.4) is 0 Å². The Balaban J connectivity index is 1.36. The second-order valence-corrected chi connectivity index (χ2v) is 9.83. The SMILES string of the molecule is CC1(C)NC(=O)c2ccc(Nc3cc(N[C@H](CO)c4ccccc4)c(-c4nnc(-c5ccccn5)o4)cn3)nc21. The standard InChI is InChI=1S/C29H26N8O3/c1-29(2)25-18(26(39)35-29)11-12-23(34-25)33-24-14-21(32-22(16-38)17-8-4-3-5-9-17)19(15-31-24)27-36-37-28(40-27)20-10-6-7-13-30-20/h3-15,22,38H,16H2,1-2H3,(H,35,39)(H2,31,32,33,34)/t22-/m1/s1. The number of fused-ring (bicyclic) bond motifs is 1. The van der Waals surface area contributed by atoms with E-state index in [4.69, 9.17) is 4.42 Å². The van der Waals surface area contributed by atoms with Gasteiger partial charge >= 0.3 is 0 Å². The first-order valence-corrected chi connectivity index (χ1v) is 12.7. The lowest BCUT2D eigenvalue weighted by atomic mass is 10.0. The Morgan fingerprint density at radius 1 is 0.950 bits per heavy atom. The summed E-state index contributed by atoms with van der Waals surface area (Å²) >= 11 is 0. The van der Waals surface area contributed by atoms with Crippen molar-refractivity contribution in [1.82, 2.24) is 30.5 Å². The lowest BCUT2D eigenvalue weighted by Gasteiger charge is -2.20. The smallest absolute Gasteiger partial charge is 0.266 e. The number of carbonyl (C=O) groups is 1. The summed E-state index contributed by atoms with van der Waals surface area (Å²) in [6, 6.07) is 19.9. The van der Waals surface area contributed by atoms with Gasteiger partial charge in [0.15, 0.2) is 0 Å². The van der Waals surface area contributed by atoms with Gasteiger partial charge in [0, 0.05) is 18.5 Å². The number of nitrogens with one attached hydrogen (secondary N) is 3. The average molecular weight is 535 g/mol. The number of aromatic nitrogens is 5. The molecule has 0 aliphatic carbocycles. The van der Waals surface area contributed by atoms with Gasteiger partial charge < -0.3 is 25.5 Å². The minimum Gasteiger partial charge on any atom is -0.414 e. The van der Waals surface area contributed by atoms with Crippen molar-refractivity contribution >= 4 is 23.2 Å². The van der Waals surface area contributed by atoms with Gasteiger partial charge in [0.2, 0.25) is 0 Å². The van der Waals surface area contributed by atoms with Gasteiger partial charge in [0.1, 0.15) is 17.3 Å². The predicted molar refractivity (Wildman–Crippen MR) is 149 cm³/mol. The van der Waals surface area contributed by atoms with E-state index in [9.17, 15) is 9.90 Å². The minimum atomic E-state index is -0.582. The fourth-order valence-electron chi connectivity index (χ4n) is 4.58. The third kappa shape index (κ3) is 4.85. The number of aliphatic hydroxyl groups is 1. The number of amides is 1. The molecular formula is C29H26N8O3. The van der Waals surface area contributed by atoms with Gasteiger partial charge in [-0.2, -0.15) is 0 Å². The molecule has 0 unspecified atom stereocenters. The van der Waals surface area contributed by atoms with E-state index in [0.717, 1.165) is 5.56 Å². The van der Waals surface area contributed by atoms with Crippen LogP contribution in [-0.4, -0.2) is 42.8 Å². The first-order valence-electron chi connectivity index (χ1n) is 12.7. The fraction of sp³-hybridized carbons (Fsp3) is 0.172. The van der Waals surface area contributed by atoms with E-state index in [1.54, 1.807) is 36.7 Å². The van der Waals surface area contributed by atoms with Crippen LogP contribution < -0.4 is 16.0 Å². The van der Waals surface area contributed by atoms with Crippen molar-refractivity contribution in [3.63, 3.8) is 0 Å². The molecule has 0 saturated carbocycles. The first kappa shape index (κ1) is 25.1. The number of benzene rings is 1. The number of hydrogen-bond acceptors (Lipinski definition) is 10. The molecule has 11 nitrogen and oxygen atoms in total. The summed E-state index contributed by atoms with van der Waals surface area (Å²) in [5.74, 6) is 1.40. The molecule has 5 aromatic rings. The van der Waals surface area contributed by atoms with Crippen molar-refractivity contribution in [2.45, 2.75) is 25.4 Å². The van der Waals surface area contributed by atoms with Gasteiger partial charge in [0.05, 0.1) is 40.7 Å². The summed E-state index contributed by atoms with van der Waals surface area (Å²) in [7, 11) is 0. The van der Waals surface area contributed by atoms with E-state index in [1.807, 2.05) is 56.3 Å². The number of rotatable bonds is 8. The van der Waals surface area contributed by atoms with Gasteiger partial charge in [-0.25, -0.2) is 9.97 Å². The Labute approximate surface area is 229 Å². The van der Waals surface area contributed by atoms with Gasteiger partial charge in [-0.15, -0.1) is 10.2 Å². The van der Waals surface area contributed by atoms with Gasteiger partial charge in [-0.1, -0.05) is 36.4 Å². The molecule has 1 atom stereocenters. The summed E-state index contributed by atoms with van der Waals surface area (Å²) in [5.41, 5.74) is 3.24. The zero-order valence-electron chi connectivity index (χ0n) is 21.8. The maximum Gasteiger partial charge on any atom is 0.266 e. The zero-order valence-corrected chi connectivity index (χ0v) is 21.8. The Hall–Kier alpha value is -5.16. The number of nitrogens with zero attached hydrogens (tertiary/aromatic N) is 5. The monoisotopic (exact) mass is 534 g/mol. The lowest BCUT2D eigenvalue weighted by Crippen LogP contribution is -2.33. The molecule has 200 valence electrons. The van der Waals surface area contributed by atoms with Crippen LogP contribution in [0.5, 0.6) is 0 Å². The third-order valence-electron chi connectivity index (χ3n) is 6.57. The van der Waals surface area contributed by atoms with Crippen molar-refractivity contribution in [3.8, 4) is 23.0 Å². The van der Waals surface area contributed by atoms with Crippen LogP contribution >= 0.6 is 0 Å². The Bertz CT molecular complexity index is 1670. The molecule has 1 aliphatic heterocycles. The zero-order chi connectivity index (χ0) is 27.7. The highest BCUT2D eigenvalue weighted by Gasteiger charge is 2.36. The predicted octanol–water partition coefficient (Wildman–Crippen LogP) is 4.46. The number of aliphatic hydroxyl groups excluding tert-OH is 1. The van der Waals surface area contributed by atoms with Gasteiger partial charge in [0.25, 0.3) is 17.7 Å². The molecule has 4 aromatic heterocycles. The number of pyridine rings is 3. The van der Waals surface area contributed by atoms with E-state index in [1.165, 1.54) is 0 Å². The molecule has 0 radical (unpaired) electrons. The highest BCUT2D eigenvalue weighted by Crippen LogP contribution is 2.34. The fourth-order valence-corrected chi connectivity index (χ4v) is 4.58. The van der Waals surface area contributed by atoms with Crippen LogP contribution in [0.25, 0.3) is 23.0 Å². The quantitative estimate of drug-likeness (QED) is 0.225. The second-order valence-electron chi connectivity index (χ2n) is 9.83. The van der Waals surface area contributed by atoms with E-state index in [2.05, 4.69) is 41.1 Å². The molecular weight excluding hydrogens is 508 g/mol. The number of carbonyl (C=O) groups excluding carboxylic acids is 1. The molecule has 40 heavy (non-hydrogen) atoms. The van der Waals surface area contributed by atoms with E-state index in [-0.39, 0.29) is 24.3 Å². The summed E-state index contributed by atoms with van der Waals surface area (Å²) in [5, 5.41) is 28.2. The lowest BCUT2D eigenvalue weighted by molar-refractivity contribution is 0.0940. The van der Waals surface area contributed by atoms with Crippen LogP contribution in [-0.2, 0) is 5.54 Å². The van der Waals surface area contributed by atoms with Crippen molar-refractivity contribution in [1.29, 1.82) is 0 Å². The van der Waals surface area contributed by atoms with Crippen molar-refractivity contribution in [2.24, 2.45) is 0 Å². The van der Waals surface area contributed by atoms with Crippen LogP contribution in [0.4, 0.5) is 17.3 Å². The molecule has 1 aromatic carbocycles. The molecule has 4 N–H and O–H groups in total. The van der Waals surface area contributed by atoms with Gasteiger partial charge in [-0.05, 0) is 43.7 Å². The molecule has 5 heterocycles. The largest absolute Gasteiger partial charge is 0.414 e. The second kappa shape index (κ2) is 10.2. The van der Waals surface area contributed by atoms with E-state index < -0.39 is 11.6 Å². The summed E-state index contributed by atoms with van der Waals surface area (Å²) < 4.78 is 5.96. The highest BCUT2D eigenvalue weighted by molar-refractivity contribution is 5.99. The summed E-state index contributed by atoms with van der Waals surface area (Å²) in [6.45, 7) is 3.66. The van der Waals surface area contributed by atoms with Crippen molar-refractivity contribution < 1.29 is 14.3 Å². The maximum atomic E-state index is 12.3. The van der Waals surface area contributed by atoms with Crippen molar-refractivity contribution in [3.05, 3.63) is 95.9 Å². The molecule has 0 spiro atoms. The normalized spacial score (nSPS) is 14.3. The molecule has 0 saturated heterocycles. The minimum absolute atomic E-state index is 0.145. The Morgan fingerprint density at radius 3 is 2.52 bits per heavy atom. The van der Waals surface area contributed by atoms with Crippen LogP contribution in [0, 0.1) is 0 Å². The topological polar surface area (TPSA) is 151 Å². The molecule has 1 amide bonds. The van der Waals surface area contributed by atoms with E-state index >= 15 is 0 Å². The maximum absolute atomic E-state index is 12.3. The van der Waals surface area contributed by atoms with E-state index in [0.29, 0.717) is 39.8 Å². The summed E-state index contributed by atoms with van der Waals surface area (Å²) in [6.07, 6.45) is 3.27. The molecule has 0 bridgehead atoms. The Morgan fingerprint density at radius 2 is 1.75 bits per heavy atom. The van der Waals surface area contributed by atoms with Gasteiger partial charge in [-0.3, -0.25) is 9.78 Å². The molecule has 11 heteroatoms. The highest BCUT2D eigenvalue weighted by atomic mass is 16.4. The first-order chi connectivity index (χ1) is 19.4. The van der Waals surface area contributed by atoms with Crippen LogP contribution in [0.1, 0.15) is 41.5 Å². The summed E-state index contributed by atoms with van der Waals surface area (Å²) in [4.78, 5) is 25.8. The van der Waals surface area contributed by atoms with Crippen LogP contribution in [0.2, 0.25) is 0 Å². The molecule has 6 rings (SSSR count). The molecule has 0 fully saturated rings. The molecule has 1 aliphatic rings. The average Bonchev–Trinajstić information content (AvgIpc) is 3.55. The van der Waals surface area contributed by atoms with Crippen molar-refractivity contribution in [2.75, 3.05) is 17.2 Å². The third-order valence-corrected chi connectivity index (χ3v) is 6.57. The number of anilines is 3.